The van der Waals surface area contributed by atoms with E-state index in [9.17, 15) is 4.21 Å². The number of nitrogens with zero attached hydrogens (tertiary/aromatic N) is 2. The number of rotatable bonds is 7. The van der Waals surface area contributed by atoms with Gasteiger partial charge in [0.05, 0.1) is 41.8 Å². The fraction of sp³-hybridized carbons (Fsp3) is 0.158. The first-order chi connectivity index (χ1) is 13.2. The van der Waals surface area contributed by atoms with Crippen LogP contribution >= 0.6 is 11.3 Å². The Kier molecular flexibility index (Phi) is 5.17. The Morgan fingerprint density at radius 2 is 1.96 bits per heavy atom. The van der Waals surface area contributed by atoms with Gasteiger partial charge < -0.3 is 13.7 Å². The van der Waals surface area contributed by atoms with Crippen molar-refractivity contribution in [2.45, 2.75) is 11.5 Å². The number of furan rings is 1. The van der Waals surface area contributed by atoms with E-state index in [0.717, 1.165) is 22.0 Å². The zero-order valence-corrected chi connectivity index (χ0v) is 16.1. The number of thiazole rings is 1. The predicted octanol–water partition coefficient (Wildman–Crippen LogP) is 4.52. The highest BCUT2D eigenvalue weighted by Crippen LogP contribution is 2.32. The van der Waals surface area contributed by atoms with Gasteiger partial charge in [-0.1, -0.05) is 17.3 Å². The average Bonchev–Trinajstić information content (AvgIpc) is 3.43. The Labute approximate surface area is 162 Å². The number of methoxy groups -OCH3 is 1. The lowest BCUT2D eigenvalue weighted by Crippen LogP contribution is -2.00. The molecule has 1 atom stereocenters. The SMILES string of the molecule is COc1ccccc1-c1nc(CS(=O)Cc2cc(-c3ccco3)on2)cs1. The maximum Gasteiger partial charge on any atom is 0.202 e. The first kappa shape index (κ1) is 17.7. The van der Waals surface area contributed by atoms with Gasteiger partial charge in [0.1, 0.15) is 10.8 Å². The minimum Gasteiger partial charge on any atom is -0.496 e. The van der Waals surface area contributed by atoms with Crippen molar-refractivity contribution in [2.24, 2.45) is 0 Å². The quantitative estimate of drug-likeness (QED) is 0.454. The average molecular weight is 400 g/mol. The van der Waals surface area contributed by atoms with Crippen molar-refractivity contribution in [3.8, 4) is 27.8 Å². The molecule has 0 bridgehead atoms. The number of aromatic nitrogens is 2. The van der Waals surface area contributed by atoms with Crippen molar-refractivity contribution < 1.29 is 17.9 Å². The van der Waals surface area contributed by atoms with Gasteiger partial charge in [0.15, 0.2) is 5.76 Å². The lowest BCUT2D eigenvalue weighted by molar-refractivity contribution is 0.413. The monoisotopic (exact) mass is 400 g/mol. The van der Waals surface area contributed by atoms with Crippen LogP contribution in [0.3, 0.4) is 0 Å². The third-order valence-electron chi connectivity index (χ3n) is 3.83. The van der Waals surface area contributed by atoms with Crippen LogP contribution in [0.2, 0.25) is 0 Å². The van der Waals surface area contributed by atoms with Crippen LogP contribution in [0.15, 0.2) is 63.0 Å². The van der Waals surface area contributed by atoms with E-state index in [4.69, 9.17) is 13.7 Å². The van der Waals surface area contributed by atoms with Gasteiger partial charge >= 0.3 is 0 Å². The van der Waals surface area contributed by atoms with E-state index in [1.54, 1.807) is 31.6 Å². The van der Waals surface area contributed by atoms with E-state index in [2.05, 4.69) is 10.1 Å². The number of ether oxygens (including phenoxy) is 1. The molecule has 0 spiro atoms. The van der Waals surface area contributed by atoms with Gasteiger partial charge in [0.2, 0.25) is 5.76 Å². The summed E-state index contributed by atoms with van der Waals surface area (Å²) >= 11 is 1.51. The fourth-order valence-corrected chi connectivity index (χ4v) is 4.61. The first-order valence-electron chi connectivity index (χ1n) is 8.15. The number of benzene rings is 1. The van der Waals surface area contributed by atoms with Crippen LogP contribution in [-0.4, -0.2) is 21.5 Å². The predicted molar refractivity (Wildman–Crippen MR) is 104 cm³/mol. The molecule has 0 fully saturated rings. The summed E-state index contributed by atoms with van der Waals surface area (Å²) in [6, 6.07) is 13.0. The van der Waals surface area contributed by atoms with E-state index < -0.39 is 10.8 Å². The summed E-state index contributed by atoms with van der Waals surface area (Å²) in [6.07, 6.45) is 1.57. The highest BCUT2D eigenvalue weighted by Gasteiger charge is 2.14. The van der Waals surface area contributed by atoms with Crippen LogP contribution in [0.25, 0.3) is 22.1 Å². The molecule has 4 aromatic rings. The maximum absolute atomic E-state index is 12.5. The van der Waals surface area contributed by atoms with Gasteiger partial charge in [-0.3, -0.25) is 4.21 Å². The zero-order valence-electron chi connectivity index (χ0n) is 14.5. The van der Waals surface area contributed by atoms with Gasteiger partial charge in [0.25, 0.3) is 0 Å². The summed E-state index contributed by atoms with van der Waals surface area (Å²) in [6.45, 7) is 0. The van der Waals surface area contributed by atoms with Crippen LogP contribution in [0.1, 0.15) is 11.4 Å². The molecule has 1 unspecified atom stereocenters. The Bertz CT molecular complexity index is 1050. The summed E-state index contributed by atoms with van der Waals surface area (Å²) < 4.78 is 28.4. The summed E-state index contributed by atoms with van der Waals surface area (Å²) in [5.74, 6) is 2.55. The molecule has 27 heavy (non-hydrogen) atoms. The lowest BCUT2D eigenvalue weighted by Gasteiger charge is -2.04. The highest BCUT2D eigenvalue weighted by molar-refractivity contribution is 7.83. The normalized spacial score (nSPS) is 12.2. The topological polar surface area (TPSA) is 78.4 Å². The van der Waals surface area contributed by atoms with E-state index in [0.29, 0.717) is 28.7 Å². The summed E-state index contributed by atoms with van der Waals surface area (Å²) in [5.41, 5.74) is 2.34. The van der Waals surface area contributed by atoms with Crippen LogP contribution in [-0.2, 0) is 22.3 Å². The largest absolute Gasteiger partial charge is 0.496 e. The van der Waals surface area contributed by atoms with Crippen molar-refractivity contribution in [3.63, 3.8) is 0 Å². The van der Waals surface area contributed by atoms with Crippen LogP contribution in [0.5, 0.6) is 5.75 Å². The fourth-order valence-electron chi connectivity index (χ4n) is 2.61. The van der Waals surface area contributed by atoms with Crippen molar-refractivity contribution in [1.82, 2.24) is 10.1 Å². The number of hydrogen-bond acceptors (Lipinski definition) is 7. The van der Waals surface area contributed by atoms with Crippen molar-refractivity contribution in [3.05, 3.63) is 65.5 Å². The van der Waals surface area contributed by atoms with E-state index in [1.165, 1.54) is 11.3 Å². The Morgan fingerprint density at radius 1 is 1.11 bits per heavy atom. The molecule has 8 heteroatoms. The highest BCUT2D eigenvalue weighted by atomic mass is 32.2. The summed E-state index contributed by atoms with van der Waals surface area (Å²) in [5, 5.41) is 6.74. The standard InChI is InChI=1S/C19H16N2O4S2/c1-23-16-6-3-2-5-15(16)19-20-14(10-26-19)12-27(22)11-13-9-18(25-21-13)17-7-4-8-24-17/h2-10H,11-12H2,1H3. The smallest absolute Gasteiger partial charge is 0.202 e. The molecule has 0 aliphatic carbocycles. The molecule has 3 aromatic heterocycles. The maximum atomic E-state index is 12.5. The molecule has 0 amide bonds. The van der Waals surface area contributed by atoms with Crippen molar-refractivity contribution in [2.75, 3.05) is 7.11 Å². The molecule has 3 heterocycles. The van der Waals surface area contributed by atoms with Gasteiger partial charge in [0, 0.05) is 22.2 Å². The van der Waals surface area contributed by atoms with Crippen LogP contribution in [0, 0.1) is 0 Å². The molecular weight excluding hydrogens is 384 g/mol. The van der Waals surface area contributed by atoms with E-state index in [-0.39, 0.29) is 0 Å². The Hall–Kier alpha value is -2.71. The van der Waals surface area contributed by atoms with Gasteiger partial charge in [-0.05, 0) is 24.3 Å². The van der Waals surface area contributed by atoms with Crippen molar-refractivity contribution in [1.29, 1.82) is 0 Å². The van der Waals surface area contributed by atoms with Gasteiger partial charge in [-0.15, -0.1) is 11.3 Å². The molecule has 0 aliphatic rings. The van der Waals surface area contributed by atoms with Gasteiger partial charge in [-0.25, -0.2) is 4.98 Å². The molecule has 0 N–H and O–H groups in total. The Morgan fingerprint density at radius 3 is 2.78 bits per heavy atom. The molecule has 6 nitrogen and oxygen atoms in total. The van der Waals surface area contributed by atoms with E-state index >= 15 is 0 Å². The lowest BCUT2D eigenvalue weighted by atomic mass is 10.2. The summed E-state index contributed by atoms with van der Waals surface area (Å²) in [4.78, 5) is 4.60. The molecule has 1 aromatic carbocycles. The second kappa shape index (κ2) is 7.89. The minimum atomic E-state index is -1.15. The molecule has 138 valence electrons. The minimum absolute atomic E-state index is 0.297. The number of hydrogen-bond donors (Lipinski definition) is 0. The van der Waals surface area contributed by atoms with Crippen LogP contribution < -0.4 is 4.74 Å². The second-order valence-electron chi connectivity index (χ2n) is 5.73. The van der Waals surface area contributed by atoms with Gasteiger partial charge in [-0.2, -0.15) is 0 Å². The first-order valence-corrected chi connectivity index (χ1v) is 10.5. The zero-order chi connectivity index (χ0) is 18.6. The number of para-hydroxylation sites is 1. The molecule has 0 aliphatic heterocycles. The Balaban J connectivity index is 1.43. The third-order valence-corrected chi connectivity index (χ3v) is 5.99. The second-order valence-corrected chi connectivity index (χ2v) is 8.05. The van der Waals surface area contributed by atoms with Crippen LogP contribution in [0.4, 0.5) is 0 Å². The molecule has 0 saturated heterocycles. The molecular formula is C19H16N2O4S2. The van der Waals surface area contributed by atoms with E-state index in [1.807, 2.05) is 29.6 Å². The molecule has 4 rings (SSSR count). The summed E-state index contributed by atoms with van der Waals surface area (Å²) in [7, 11) is 0.490. The third kappa shape index (κ3) is 4.01. The molecule has 0 saturated carbocycles. The molecule has 0 radical (unpaired) electrons. The van der Waals surface area contributed by atoms with Crippen molar-refractivity contribution >= 4 is 22.1 Å².